The maximum absolute atomic E-state index is 12.7. The van der Waals surface area contributed by atoms with E-state index in [1.807, 2.05) is 10.4 Å². The Morgan fingerprint density at radius 2 is 2.09 bits per heavy atom. The number of carbonyl (C=O) groups excluding carboxylic acids is 1. The number of anilines is 1. The number of ether oxygens (including phenoxy) is 1. The molecule has 2 aliphatic carbocycles. The van der Waals surface area contributed by atoms with Gasteiger partial charge in [-0.3, -0.25) is 5.32 Å². The van der Waals surface area contributed by atoms with E-state index in [0.717, 1.165) is 30.1 Å². The molecule has 4 rings (SSSR count). The van der Waals surface area contributed by atoms with E-state index in [2.05, 4.69) is 10.3 Å². The summed E-state index contributed by atoms with van der Waals surface area (Å²) in [5, 5.41) is 4.05. The molecule has 2 saturated carbocycles. The first-order chi connectivity index (χ1) is 11.3. The number of thiazole rings is 1. The zero-order valence-corrected chi connectivity index (χ0v) is 14.4. The molecule has 0 atom stereocenters. The third-order valence-electron chi connectivity index (χ3n) is 5.33. The lowest BCUT2D eigenvalue weighted by atomic mass is 9.92. The van der Waals surface area contributed by atoms with Crippen LogP contribution in [0.2, 0.25) is 0 Å². The number of hydrogen-bond acceptors (Lipinski definition) is 4. The molecule has 1 aromatic rings. The summed E-state index contributed by atoms with van der Waals surface area (Å²) in [6.45, 7) is 2.08. The van der Waals surface area contributed by atoms with Gasteiger partial charge in [-0.15, -0.1) is 11.3 Å². The molecule has 2 heterocycles. The first-order valence-corrected chi connectivity index (χ1v) is 9.77. The molecule has 5 nitrogen and oxygen atoms in total. The molecular formula is C17H25N3O2S. The second kappa shape index (κ2) is 6.40. The lowest BCUT2D eigenvalue weighted by Crippen LogP contribution is -2.54. The SMILES string of the molecule is O=C(Nc1scnc1C1CC1)N1CCOC2(CCCCCC2)C1. The number of carbonyl (C=O) groups is 1. The summed E-state index contributed by atoms with van der Waals surface area (Å²) >= 11 is 1.54. The number of rotatable bonds is 2. The van der Waals surface area contributed by atoms with Gasteiger partial charge in [-0.2, -0.15) is 0 Å². The van der Waals surface area contributed by atoms with E-state index in [0.29, 0.717) is 19.1 Å². The normalized spacial score (nSPS) is 24.4. The quantitative estimate of drug-likeness (QED) is 0.889. The average Bonchev–Trinajstić information content (AvgIpc) is 3.34. The fraction of sp³-hybridized carbons (Fsp3) is 0.765. The summed E-state index contributed by atoms with van der Waals surface area (Å²) in [7, 11) is 0. The van der Waals surface area contributed by atoms with Crippen molar-refractivity contribution in [2.24, 2.45) is 0 Å². The largest absolute Gasteiger partial charge is 0.371 e. The first kappa shape index (κ1) is 15.4. The predicted molar refractivity (Wildman–Crippen MR) is 91.1 cm³/mol. The zero-order valence-electron chi connectivity index (χ0n) is 13.6. The van der Waals surface area contributed by atoms with Crippen LogP contribution in [0.4, 0.5) is 9.80 Å². The number of morpholine rings is 1. The fourth-order valence-electron chi connectivity index (χ4n) is 3.87. The van der Waals surface area contributed by atoms with Gasteiger partial charge in [-0.25, -0.2) is 9.78 Å². The first-order valence-electron chi connectivity index (χ1n) is 8.89. The molecule has 1 N–H and O–H groups in total. The molecule has 1 aliphatic heterocycles. The molecule has 0 bridgehead atoms. The van der Waals surface area contributed by atoms with E-state index in [9.17, 15) is 4.79 Å². The van der Waals surface area contributed by atoms with Gasteiger partial charge >= 0.3 is 6.03 Å². The van der Waals surface area contributed by atoms with E-state index in [4.69, 9.17) is 4.74 Å². The van der Waals surface area contributed by atoms with Crippen LogP contribution >= 0.6 is 11.3 Å². The van der Waals surface area contributed by atoms with Crippen molar-refractivity contribution in [1.82, 2.24) is 9.88 Å². The van der Waals surface area contributed by atoms with E-state index in [1.165, 1.54) is 49.9 Å². The second-order valence-electron chi connectivity index (χ2n) is 7.14. The highest BCUT2D eigenvalue weighted by molar-refractivity contribution is 7.14. The minimum atomic E-state index is -0.0981. The lowest BCUT2D eigenvalue weighted by molar-refractivity contribution is -0.104. The van der Waals surface area contributed by atoms with Crippen molar-refractivity contribution in [2.75, 3.05) is 25.0 Å². The Morgan fingerprint density at radius 1 is 1.30 bits per heavy atom. The molecule has 1 saturated heterocycles. The van der Waals surface area contributed by atoms with E-state index >= 15 is 0 Å². The summed E-state index contributed by atoms with van der Waals surface area (Å²) in [5.74, 6) is 0.564. The van der Waals surface area contributed by atoms with Crippen molar-refractivity contribution in [2.45, 2.75) is 62.9 Å². The Hall–Kier alpha value is -1.14. The monoisotopic (exact) mass is 335 g/mol. The van der Waals surface area contributed by atoms with Crippen LogP contribution in [0.1, 0.15) is 63.0 Å². The molecule has 1 aromatic heterocycles. The minimum absolute atomic E-state index is 0.0167. The predicted octanol–water partition coefficient (Wildman–Crippen LogP) is 3.98. The van der Waals surface area contributed by atoms with Gasteiger partial charge in [0.15, 0.2) is 0 Å². The lowest BCUT2D eigenvalue weighted by Gasteiger charge is -2.42. The molecule has 0 aromatic carbocycles. The van der Waals surface area contributed by atoms with Crippen molar-refractivity contribution in [3.63, 3.8) is 0 Å². The molecule has 2 amide bonds. The number of urea groups is 1. The van der Waals surface area contributed by atoms with Gasteiger partial charge in [-0.1, -0.05) is 25.7 Å². The third-order valence-corrected chi connectivity index (χ3v) is 6.09. The molecule has 3 aliphatic rings. The second-order valence-corrected chi connectivity index (χ2v) is 7.99. The van der Waals surface area contributed by atoms with E-state index in [1.54, 1.807) is 0 Å². The summed E-state index contributed by atoms with van der Waals surface area (Å²) in [4.78, 5) is 19.1. The maximum atomic E-state index is 12.7. The van der Waals surface area contributed by atoms with Gasteiger partial charge in [0.25, 0.3) is 0 Å². The summed E-state index contributed by atoms with van der Waals surface area (Å²) in [6.07, 6.45) is 9.61. The molecule has 0 unspecified atom stereocenters. The molecule has 23 heavy (non-hydrogen) atoms. The summed E-state index contributed by atoms with van der Waals surface area (Å²) in [6, 6.07) is 0.0167. The molecule has 6 heteroatoms. The van der Waals surface area contributed by atoms with Gasteiger partial charge in [-0.05, 0) is 25.7 Å². The van der Waals surface area contributed by atoms with Crippen LogP contribution in [0.3, 0.4) is 0 Å². The highest BCUT2D eigenvalue weighted by atomic mass is 32.1. The molecule has 126 valence electrons. The van der Waals surface area contributed by atoms with E-state index < -0.39 is 0 Å². The van der Waals surface area contributed by atoms with Crippen LogP contribution in [0.5, 0.6) is 0 Å². The average molecular weight is 335 g/mol. The van der Waals surface area contributed by atoms with Crippen molar-refractivity contribution in [3.8, 4) is 0 Å². The van der Waals surface area contributed by atoms with Crippen LogP contribution in [0.25, 0.3) is 0 Å². The van der Waals surface area contributed by atoms with Gasteiger partial charge in [0, 0.05) is 12.5 Å². The van der Waals surface area contributed by atoms with Crippen LogP contribution in [0, 0.1) is 0 Å². The Labute approximate surface area is 141 Å². The smallest absolute Gasteiger partial charge is 0.322 e. The molecule has 3 fully saturated rings. The van der Waals surface area contributed by atoms with Gasteiger partial charge in [0.1, 0.15) is 5.00 Å². The summed E-state index contributed by atoms with van der Waals surface area (Å²) < 4.78 is 6.14. The van der Waals surface area contributed by atoms with Crippen LogP contribution < -0.4 is 5.32 Å². The number of nitrogens with zero attached hydrogens (tertiary/aromatic N) is 2. The molecule has 0 radical (unpaired) electrons. The van der Waals surface area contributed by atoms with Crippen LogP contribution in [-0.2, 0) is 4.74 Å². The molecule has 1 spiro atoms. The van der Waals surface area contributed by atoms with Crippen molar-refractivity contribution < 1.29 is 9.53 Å². The van der Waals surface area contributed by atoms with Crippen LogP contribution in [0.15, 0.2) is 5.51 Å². The molecular weight excluding hydrogens is 310 g/mol. The van der Waals surface area contributed by atoms with Gasteiger partial charge in [0.05, 0.1) is 30.0 Å². The number of aromatic nitrogens is 1. The number of amides is 2. The number of nitrogens with one attached hydrogen (secondary N) is 1. The van der Waals surface area contributed by atoms with Gasteiger partial charge in [0.2, 0.25) is 0 Å². The third kappa shape index (κ3) is 3.38. The fourth-order valence-corrected chi connectivity index (χ4v) is 4.62. The van der Waals surface area contributed by atoms with Crippen molar-refractivity contribution in [3.05, 3.63) is 11.2 Å². The van der Waals surface area contributed by atoms with Crippen molar-refractivity contribution in [1.29, 1.82) is 0 Å². The minimum Gasteiger partial charge on any atom is -0.371 e. The van der Waals surface area contributed by atoms with Crippen LogP contribution in [-0.4, -0.2) is 41.2 Å². The van der Waals surface area contributed by atoms with Crippen molar-refractivity contribution >= 4 is 22.4 Å². The number of hydrogen-bond donors (Lipinski definition) is 1. The standard InChI is InChI=1S/C17H25N3O2S/c21-16(19-15-14(13-5-6-13)18-12-23-15)20-9-10-22-17(11-20)7-3-1-2-4-8-17/h12-13H,1-11H2,(H,19,21). The highest BCUT2D eigenvalue weighted by Crippen LogP contribution is 2.44. The Kier molecular flexibility index (Phi) is 4.28. The Morgan fingerprint density at radius 3 is 2.83 bits per heavy atom. The maximum Gasteiger partial charge on any atom is 0.322 e. The zero-order chi connectivity index (χ0) is 15.7. The summed E-state index contributed by atoms with van der Waals surface area (Å²) in [5.41, 5.74) is 2.83. The van der Waals surface area contributed by atoms with E-state index in [-0.39, 0.29) is 11.6 Å². The van der Waals surface area contributed by atoms with Gasteiger partial charge < -0.3 is 9.64 Å². The topological polar surface area (TPSA) is 54.5 Å². The highest BCUT2D eigenvalue weighted by Gasteiger charge is 2.39. The Balaban J connectivity index is 1.42. The Bertz CT molecular complexity index is 562.